The van der Waals surface area contributed by atoms with Crippen molar-refractivity contribution in [3.8, 4) is 11.5 Å². The first kappa shape index (κ1) is 26.1. The second-order valence-corrected chi connectivity index (χ2v) is 11.1. The van der Waals surface area contributed by atoms with Crippen molar-refractivity contribution in [2.75, 3.05) is 26.7 Å². The van der Waals surface area contributed by atoms with Gasteiger partial charge in [-0.05, 0) is 55.2 Å². The van der Waals surface area contributed by atoms with Crippen LogP contribution in [0.2, 0.25) is 0 Å². The van der Waals surface area contributed by atoms with Gasteiger partial charge >= 0.3 is 0 Å². The number of likely N-dealkylation sites (N-methyl/N-ethyl adjacent to an activating group) is 1. The lowest BCUT2D eigenvalue weighted by Crippen LogP contribution is -2.48. The van der Waals surface area contributed by atoms with E-state index in [1.54, 1.807) is 31.7 Å². The van der Waals surface area contributed by atoms with Crippen molar-refractivity contribution in [3.05, 3.63) is 77.9 Å². The second-order valence-electron chi connectivity index (χ2n) is 11.1. The molecule has 3 amide bonds. The van der Waals surface area contributed by atoms with Gasteiger partial charge in [-0.3, -0.25) is 14.4 Å². The number of carbonyl (C=O) groups is 3. The highest BCUT2D eigenvalue weighted by Crippen LogP contribution is 2.49. The minimum Gasteiger partial charge on any atom is -0.457 e. The first-order valence-electron chi connectivity index (χ1n) is 13.6. The van der Waals surface area contributed by atoms with Crippen LogP contribution in [0, 0.1) is 12.3 Å². The first-order valence-corrected chi connectivity index (χ1v) is 13.6. The highest BCUT2D eigenvalue weighted by atomic mass is 16.5. The third-order valence-electron chi connectivity index (χ3n) is 8.00. The highest BCUT2D eigenvalue weighted by Gasteiger charge is 2.54. The summed E-state index contributed by atoms with van der Waals surface area (Å²) in [6, 6.07) is 12.5. The van der Waals surface area contributed by atoms with E-state index in [2.05, 4.69) is 10.3 Å². The van der Waals surface area contributed by atoms with Crippen molar-refractivity contribution >= 4 is 17.7 Å². The lowest BCUT2D eigenvalue weighted by atomic mass is 10.1. The Morgan fingerprint density at radius 3 is 2.77 bits per heavy atom. The summed E-state index contributed by atoms with van der Waals surface area (Å²) in [5.74, 6) is 0.698. The molecule has 10 heteroatoms. The van der Waals surface area contributed by atoms with E-state index in [0.29, 0.717) is 43.3 Å². The number of likely N-dealkylation sites (tertiary alicyclic amines) is 1. The Kier molecular flexibility index (Phi) is 6.79. The summed E-state index contributed by atoms with van der Waals surface area (Å²) < 4.78 is 14.4. The van der Waals surface area contributed by atoms with Crippen molar-refractivity contribution in [2.24, 2.45) is 5.41 Å². The summed E-state index contributed by atoms with van der Waals surface area (Å²) in [6.07, 6.45) is 6.57. The molecule has 1 aromatic heterocycles. The Balaban J connectivity index is 1.25. The monoisotopic (exact) mass is 543 g/mol. The summed E-state index contributed by atoms with van der Waals surface area (Å²) in [6.45, 7) is 3.41. The topological polar surface area (TPSA) is 106 Å². The van der Waals surface area contributed by atoms with Crippen molar-refractivity contribution in [1.82, 2.24) is 24.7 Å². The van der Waals surface area contributed by atoms with Gasteiger partial charge in [0.1, 0.15) is 11.5 Å². The van der Waals surface area contributed by atoms with E-state index in [4.69, 9.17) is 9.47 Å². The van der Waals surface area contributed by atoms with Gasteiger partial charge in [-0.1, -0.05) is 18.2 Å². The third-order valence-corrected chi connectivity index (χ3v) is 8.00. The average molecular weight is 544 g/mol. The molecule has 2 fully saturated rings. The molecule has 0 spiro atoms. The molecule has 0 radical (unpaired) electrons. The Hall–Kier alpha value is -4.18. The van der Waals surface area contributed by atoms with Gasteiger partial charge in [0, 0.05) is 44.6 Å². The molecule has 40 heavy (non-hydrogen) atoms. The van der Waals surface area contributed by atoms with Crippen LogP contribution in [0.4, 0.5) is 0 Å². The zero-order chi connectivity index (χ0) is 27.9. The number of rotatable bonds is 3. The minimum absolute atomic E-state index is 0.0785. The van der Waals surface area contributed by atoms with E-state index in [1.807, 2.05) is 52.9 Å². The molecule has 4 bridgehead atoms. The number of nitrogens with one attached hydrogen (secondary N) is 1. The maximum absolute atomic E-state index is 13.7. The summed E-state index contributed by atoms with van der Waals surface area (Å²) in [4.78, 5) is 47.2. The number of aromatic nitrogens is 2. The van der Waals surface area contributed by atoms with Crippen LogP contribution in [0.15, 0.2) is 61.2 Å². The van der Waals surface area contributed by atoms with Crippen LogP contribution in [0.1, 0.15) is 34.3 Å². The van der Waals surface area contributed by atoms with Crippen LogP contribution < -0.4 is 10.1 Å². The minimum atomic E-state index is -0.441. The summed E-state index contributed by atoms with van der Waals surface area (Å²) in [7, 11) is 1.60. The molecule has 2 aliphatic heterocycles. The smallest absolute Gasteiger partial charge is 0.254 e. The lowest BCUT2D eigenvalue weighted by molar-refractivity contribution is -0.137. The molecule has 2 atom stereocenters. The molecular weight excluding hydrogens is 510 g/mol. The van der Waals surface area contributed by atoms with Crippen molar-refractivity contribution in [2.45, 2.75) is 45.1 Å². The molecule has 3 aromatic rings. The van der Waals surface area contributed by atoms with Crippen molar-refractivity contribution < 1.29 is 23.9 Å². The molecule has 10 nitrogen and oxygen atoms in total. The molecular formula is C30H33N5O5. The number of ether oxygens (including phenoxy) is 2. The maximum atomic E-state index is 13.7. The zero-order valence-corrected chi connectivity index (χ0v) is 22.7. The number of hydrogen-bond donors (Lipinski definition) is 1. The molecule has 1 saturated heterocycles. The molecule has 1 aliphatic carbocycles. The molecule has 208 valence electrons. The highest BCUT2D eigenvalue weighted by molar-refractivity contribution is 5.97. The number of nitrogens with zero attached hydrogens (tertiary/aromatic N) is 4. The van der Waals surface area contributed by atoms with Crippen LogP contribution in [0.25, 0.3) is 0 Å². The molecule has 3 aliphatic rings. The quantitative estimate of drug-likeness (QED) is 0.545. The number of carbonyl (C=O) groups excluding carboxylic acids is 3. The largest absolute Gasteiger partial charge is 0.457 e. The second kappa shape index (κ2) is 10.4. The molecule has 1 saturated carbocycles. The molecule has 0 unspecified atom stereocenters. The van der Waals surface area contributed by atoms with Crippen LogP contribution >= 0.6 is 0 Å². The van der Waals surface area contributed by atoms with E-state index in [9.17, 15) is 14.4 Å². The number of aryl methyl sites for hydroxylation is 1. The molecule has 6 rings (SSSR count). The van der Waals surface area contributed by atoms with Crippen LogP contribution in [-0.2, 0) is 27.5 Å². The third kappa shape index (κ3) is 5.31. The Bertz CT molecular complexity index is 1430. The first-order chi connectivity index (χ1) is 19.3. The zero-order valence-electron chi connectivity index (χ0n) is 22.7. The van der Waals surface area contributed by atoms with Gasteiger partial charge in [0.25, 0.3) is 5.91 Å². The Morgan fingerprint density at radius 1 is 1.15 bits per heavy atom. The standard InChI is InChI=1S/C30H33N5O5/c1-20-6-7-22-13-25(20)40-23-5-3-4-21(12-23)17-39-26-15-35(14-24(26)32-27(36)16-33(2)28(22)37)29(38)30(8-9-30)18-34-11-10-31-19-34/h3-7,10-13,19,24,26H,8-9,14-18H2,1-2H3,(H,32,36)/t24-,26-/m0/s1. The predicted molar refractivity (Wildman–Crippen MR) is 146 cm³/mol. The van der Waals surface area contributed by atoms with Crippen molar-refractivity contribution in [3.63, 3.8) is 0 Å². The Morgan fingerprint density at radius 2 is 2.00 bits per heavy atom. The van der Waals surface area contributed by atoms with Crippen LogP contribution in [-0.4, -0.2) is 75.9 Å². The van der Waals surface area contributed by atoms with E-state index in [1.165, 1.54) is 4.90 Å². The summed E-state index contributed by atoms with van der Waals surface area (Å²) >= 11 is 0. The van der Waals surface area contributed by atoms with E-state index in [0.717, 1.165) is 24.0 Å². The fraction of sp³-hybridized carbons (Fsp3) is 0.400. The van der Waals surface area contributed by atoms with Gasteiger partial charge in [0.2, 0.25) is 11.8 Å². The van der Waals surface area contributed by atoms with Gasteiger partial charge in [0.05, 0.1) is 37.0 Å². The Labute approximate surface area is 232 Å². The van der Waals surface area contributed by atoms with Gasteiger partial charge in [-0.25, -0.2) is 4.98 Å². The normalized spacial score (nSPS) is 22.4. The van der Waals surface area contributed by atoms with E-state index < -0.39 is 17.6 Å². The predicted octanol–water partition coefficient (Wildman–Crippen LogP) is 2.76. The van der Waals surface area contributed by atoms with Gasteiger partial charge in [-0.2, -0.15) is 0 Å². The van der Waals surface area contributed by atoms with Crippen molar-refractivity contribution in [1.29, 1.82) is 0 Å². The molecule has 1 N–H and O–H groups in total. The van der Waals surface area contributed by atoms with E-state index >= 15 is 0 Å². The van der Waals surface area contributed by atoms with Gasteiger partial charge < -0.3 is 29.2 Å². The van der Waals surface area contributed by atoms with Crippen LogP contribution in [0.3, 0.4) is 0 Å². The maximum Gasteiger partial charge on any atom is 0.254 e. The number of benzene rings is 2. The lowest BCUT2D eigenvalue weighted by Gasteiger charge is -2.24. The summed E-state index contributed by atoms with van der Waals surface area (Å²) in [5, 5.41) is 3.05. The van der Waals surface area contributed by atoms with E-state index in [-0.39, 0.29) is 24.3 Å². The fourth-order valence-electron chi connectivity index (χ4n) is 5.54. The van der Waals surface area contributed by atoms with Gasteiger partial charge in [-0.15, -0.1) is 0 Å². The SMILES string of the molecule is Cc1ccc2cc1Oc1cccc(c1)CO[C@H]1CN(C(=O)C3(Cn4ccnc4)CC3)C[C@@H]1NC(=O)CN(C)C2=O. The van der Waals surface area contributed by atoms with Crippen LogP contribution in [0.5, 0.6) is 11.5 Å². The number of fused-ring (bicyclic) bond motifs is 5. The van der Waals surface area contributed by atoms with Gasteiger partial charge in [0.15, 0.2) is 0 Å². The number of amides is 3. The molecule has 2 aromatic carbocycles. The number of hydrogen-bond acceptors (Lipinski definition) is 6. The summed E-state index contributed by atoms with van der Waals surface area (Å²) in [5.41, 5.74) is 1.79. The number of imidazole rings is 1. The average Bonchev–Trinajstić information content (AvgIpc) is 3.33. The fourth-order valence-corrected chi connectivity index (χ4v) is 5.54. The molecule has 3 heterocycles.